The maximum Gasteiger partial charge on any atom is 0.0236 e. The van der Waals surface area contributed by atoms with E-state index in [1.54, 1.807) is 0 Å². The minimum Gasteiger partial charge on any atom is -0.311 e. The molecule has 0 aliphatic carbocycles. The Balaban J connectivity index is 1.98. The Hall–Kier alpha value is -0.860. The molecule has 0 aromatic heterocycles. The van der Waals surface area contributed by atoms with Gasteiger partial charge in [0.25, 0.3) is 0 Å². The molecular weight excluding hydrogens is 256 g/mol. The largest absolute Gasteiger partial charge is 0.311 e. The van der Waals surface area contributed by atoms with Crippen LogP contribution in [0.4, 0.5) is 0 Å². The third kappa shape index (κ3) is 4.31. The molecule has 2 nitrogen and oxygen atoms in total. The third-order valence-corrected chi connectivity index (χ3v) is 5.28. The summed E-state index contributed by atoms with van der Waals surface area (Å²) in [5, 5.41) is 3.74. The summed E-state index contributed by atoms with van der Waals surface area (Å²) in [6.45, 7) is 11.7. The molecule has 0 radical (unpaired) electrons. The minimum atomic E-state index is 0.584. The van der Waals surface area contributed by atoms with Crippen LogP contribution < -0.4 is 5.32 Å². The first-order valence-electron chi connectivity index (χ1n) is 8.68. The van der Waals surface area contributed by atoms with Gasteiger partial charge in [-0.3, -0.25) is 4.90 Å². The lowest BCUT2D eigenvalue weighted by molar-refractivity contribution is 0.0652. The van der Waals surface area contributed by atoms with Crippen molar-refractivity contribution in [1.82, 2.24) is 10.2 Å². The SMILES string of the molecule is CCC(CC)C(C)N1CC(Cc2ccccc2)NCC1C. The molecule has 2 rings (SSSR count). The predicted molar refractivity (Wildman–Crippen MR) is 91.6 cm³/mol. The van der Waals surface area contributed by atoms with Crippen LogP contribution in [-0.2, 0) is 6.42 Å². The Labute approximate surface area is 130 Å². The van der Waals surface area contributed by atoms with Gasteiger partial charge in [0.05, 0.1) is 0 Å². The normalized spacial score (nSPS) is 25.2. The lowest BCUT2D eigenvalue weighted by Gasteiger charge is -2.44. The Kier molecular flexibility index (Phi) is 6.25. The van der Waals surface area contributed by atoms with Crippen molar-refractivity contribution < 1.29 is 0 Å². The van der Waals surface area contributed by atoms with Crippen LogP contribution in [0.25, 0.3) is 0 Å². The molecule has 1 aromatic rings. The van der Waals surface area contributed by atoms with Crippen LogP contribution in [0, 0.1) is 5.92 Å². The zero-order chi connectivity index (χ0) is 15.2. The highest BCUT2D eigenvalue weighted by molar-refractivity contribution is 5.16. The van der Waals surface area contributed by atoms with E-state index < -0.39 is 0 Å². The zero-order valence-corrected chi connectivity index (χ0v) is 14.2. The molecule has 0 bridgehead atoms. The quantitative estimate of drug-likeness (QED) is 0.858. The van der Waals surface area contributed by atoms with Crippen LogP contribution >= 0.6 is 0 Å². The van der Waals surface area contributed by atoms with E-state index in [0.29, 0.717) is 18.1 Å². The Morgan fingerprint density at radius 2 is 1.86 bits per heavy atom. The molecule has 3 atom stereocenters. The average molecular weight is 288 g/mol. The number of nitrogens with zero attached hydrogens (tertiary/aromatic N) is 1. The van der Waals surface area contributed by atoms with Crippen LogP contribution in [0.15, 0.2) is 30.3 Å². The Bertz CT molecular complexity index is 399. The van der Waals surface area contributed by atoms with Crippen molar-refractivity contribution in [3.63, 3.8) is 0 Å². The summed E-state index contributed by atoms with van der Waals surface area (Å²) in [5.74, 6) is 0.822. The van der Waals surface area contributed by atoms with Gasteiger partial charge in [-0.2, -0.15) is 0 Å². The molecule has 0 spiro atoms. The van der Waals surface area contributed by atoms with Crippen molar-refractivity contribution >= 4 is 0 Å². The Morgan fingerprint density at radius 3 is 2.48 bits per heavy atom. The number of nitrogens with one attached hydrogen (secondary N) is 1. The first kappa shape index (κ1) is 16.5. The van der Waals surface area contributed by atoms with Gasteiger partial charge in [-0.05, 0) is 31.7 Å². The topological polar surface area (TPSA) is 15.3 Å². The van der Waals surface area contributed by atoms with Crippen molar-refractivity contribution in [2.75, 3.05) is 13.1 Å². The van der Waals surface area contributed by atoms with Crippen molar-refractivity contribution in [2.45, 2.75) is 65.1 Å². The number of benzene rings is 1. The number of piperazine rings is 1. The number of rotatable bonds is 6. The second-order valence-electron chi connectivity index (χ2n) is 6.66. The fourth-order valence-electron chi connectivity index (χ4n) is 3.80. The van der Waals surface area contributed by atoms with E-state index in [0.717, 1.165) is 18.9 Å². The maximum atomic E-state index is 3.74. The summed E-state index contributed by atoms with van der Waals surface area (Å²) >= 11 is 0. The standard InChI is InChI=1S/C19H32N2/c1-5-18(6-2)16(4)21-14-19(20-13-15(21)3)12-17-10-8-7-9-11-17/h7-11,15-16,18-20H,5-6,12-14H2,1-4H3. The maximum absolute atomic E-state index is 3.74. The monoisotopic (exact) mass is 288 g/mol. The number of hydrogen-bond acceptors (Lipinski definition) is 2. The summed E-state index contributed by atoms with van der Waals surface area (Å²) in [5.41, 5.74) is 1.44. The van der Waals surface area contributed by atoms with Gasteiger partial charge < -0.3 is 5.32 Å². The molecule has 118 valence electrons. The van der Waals surface area contributed by atoms with Crippen molar-refractivity contribution in [2.24, 2.45) is 5.92 Å². The molecular formula is C19H32N2. The van der Waals surface area contributed by atoms with Crippen molar-refractivity contribution in [3.05, 3.63) is 35.9 Å². The fraction of sp³-hybridized carbons (Fsp3) is 0.684. The summed E-state index contributed by atoms with van der Waals surface area (Å²) in [4.78, 5) is 2.74. The van der Waals surface area contributed by atoms with Gasteiger partial charge in [0.15, 0.2) is 0 Å². The van der Waals surface area contributed by atoms with E-state index in [9.17, 15) is 0 Å². The zero-order valence-electron chi connectivity index (χ0n) is 14.2. The molecule has 21 heavy (non-hydrogen) atoms. The highest BCUT2D eigenvalue weighted by Crippen LogP contribution is 2.23. The second-order valence-corrected chi connectivity index (χ2v) is 6.66. The first-order chi connectivity index (χ1) is 10.2. The van der Waals surface area contributed by atoms with Crippen LogP contribution in [-0.4, -0.2) is 36.1 Å². The molecule has 1 aromatic carbocycles. The lowest BCUT2D eigenvalue weighted by atomic mass is 9.91. The average Bonchev–Trinajstić information content (AvgIpc) is 2.51. The van der Waals surface area contributed by atoms with Gasteiger partial charge in [0, 0.05) is 31.2 Å². The van der Waals surface area contributed by atoms with Gasteiger partial charge in [0.2, 0.25) is 0 Å². The van der Waals surface area contributed by atoms with Gasteiger partial charge in [-0.1, -0.05) is 57.0 Å². The van der Waals surface area contributed by atoms with Gasteiger partial charge in [0.1, 0.15) is 0 Å². The minimum absolute atomic E-state index is 0.584. The second kappa shape index (κ2) is 7.95. The molecule has 1 N–H and O–H groups in total. The highest BCUT2D eigenvalue weighted by atomic mass is 15.2. The molecule has 0 saturated carbocycles. The molecule has 2 heteroatoms. The molecule has 0 amide bonds. The van der Waals surface area contributed by atoms with E-state index in [2.05, 4.69) is 68.2 Å². The van der Waals surface area contributed by atoms with E-state index in [1.807, 2.05) is 0 Å². The molecule has 1 aliphatic heterocycles. The van der Waals surface area contributed by atoms with E-state index in [1.165, 1.54) is 24.9 Å². The lowest BCUT2D eigenvalue weighted by Crippen LogP contribution is -2.59. The summed E-state index contributed by atoms with van der Waals surface area (Å²) in [6, 6.07) is 12.8. The van der Waals surface area contributed by atoms with Crippen LogP contribution in [0.1, 0.15) is 46.1 Å². The molecule has 1 fully saturated rings. The van der Waals surface area contributed by atoms with Crippen molar-refractivity contribution in [1.29, 1.82) is 0 Å². The molecule has 1 aliphatic rings. The summed E-state index contributed by atoms with van der Waals surface area (Å²) in [6.07, 6.45) is 3.72. The van der Waals surface area contributed by atoms with E-state index in [-0.39, 0.29) is 0 Å². The fourth-order valence-corrected chi connectivity index (χ4v) is 3.80. The molecule has 1 saturated heterocycles. The smallest absolute Gasteiger partial charge is 0.0236 e. The van der Waals surface area contributed by atoms with E-state index in [4.69, 9.17) is 0 Å². The van der Waals surface area contributed by atoms with Gasteiger partial charge in [-0.15, -0.1) is 0 Å². The first-order valence-corrected chi connectivity index (χ1v) is 8.68. The van der Waals surface area contributed by atoms with Crippen LogP contribution in [0.3, 0.4) is 0 Å². The Morgan fingerprint density at radius 1 is 1.19 bits per heavy atom. The number of hydrogen-bond donors (Lipinski definition) is 1. The van der Waals surface area contributed by atoms with Gasteiger partial charge >= 0.3 is 0 Å². The van der Waals surface area contributed by atoms with Crippen molar-refractivity contribution in [3.8, 4) is 0 Å². The summed E-state index contributed by atoms with van der Waals surface area (Å²) < 4.78 is 0. The van der Waals surface area contributed by atoms with Gasteiger partial charge in [-0.25, -0.2) is 0 Å². The van der Waals surface area contributed by atoms with E-state index >= 15 is 0 Å². The third-order valence-electron chi connectivity index (χ3n) is 5.28. The highest BCUT2D eigenvalue weighted by Gasteiger charge is 2.31. The molecule has 1 heterocycles. The summed E-state index contributed by atoms with van der Waals surface area (Å²) in [7, 11) is 0. The van der Waals surface area contributed by atoms with Crippen LogP contribution in [0.2, 0.25) is 0 Å². The molecule has 3 unspecified atom stereocenters. The predicted octanol–water partition coefficient (Wildman–Crippen LogP) is 3.72. The van der Waals surface area contributed by atoms with Crippen LogP contribution in [0.5, 0.6) is 0 Å².